The largest absolute Gasteiger partial charge is 0.478 e. The maximum absolute atomic E-state index is 12.1. The third-order valence-electron chi connectivity index (χ3n) is 3.00. The van der Waals surface area contributed by atoms with Gasteiger partial charge in [0.1, 0.15) is 0 Å². The van der Waals surface area contributed by atoms with E-state index in [-0.39, 0.29) is 5.91 Å². The topological polar surface area (TPSA) is 95.1 Å². The Morgan fingerprint density at radius 3 is 2.71 bits per heavy atom. The van der Waals surface area contributed by atoms with Crippen LogP contribution in [0.5, 0.6) is 0 Å². The molecule has 21 heavy (non-hydrogen) atoms. The van der Waals surface area contributed by atoms with Crippen LogP contribution in [0.25, 0.3) is 6.08 Å². The van der Waals surface area contributed by atoms with Crippen molar-refractivity contribution in [3.63, 3.8) is 0 Å². The lowest BCUT2D eigenvalue weighted by Gasteiger charge is -2.09. The number of carboxylic acid groups (broad SMARTS) is 1. The molecule has 6 heteroatoms. The van der Waals surface area contributed by atoms with Crippen LogP contribution in [-0.4, -0.2) is 27.2 Å². The van der Waals surface area contributed by atoms with Gasteiger partial charge in [0.25, 0.3) is 5.91 Å². The Balaban J connectivity index is 2.23. The van der Waals surface area contributed by atoms with Crippen LogP contribution in [0, 0.1) is 13.8 Å². The van der Waals surface area contributed by atoms with E-state index in [4.69, 9.17) is 5.11 Å². The van der Waals surface area contributed by atoms with E-state index < -0.39 is 5.97 Å². The summed E-state index contributed by atoms with van der Waals surface area (Å²) >= 11 is 0. The van der Waals surface area contributed by atoms with E-state index in [0.717, 1.165) is 11.6 Å². The second-order valence-corrected chi connectivity index (χ2v) is 4.61. The van der Waals surface area contributed by atoms with Gasteiger partial charge in [-0.2, -0.15) is 5.10 Å². The summed E-state index contributed by atoms with van der Waals surface area (Å²) in [6.07, 6.45) is 3.99. The van der Waals surface area contributed by atoms with Crippen LogP contribution < -0.4 is 5.32 Å². The first-order chi connectivity index (χ1) is 9.97. The molecule has 0 atom stereocenters. The average Bonchev–Trinajstić information content (AvgIpc) is 2.86. The molecule has 0 fully saturated rings. The number of carbonyl (C=O) groups excluding carboxylic acids is 1. The number of carbonyl (C=O) groups is 2. The average molecular weight is 285 g/mol. The van der Waals surface area contributed by atoms with Crippen LogP contribution >= 0.6 is 0 Å². The number of anilines is 1. The Kier molecular flexibility index (Phi) is 4.18. The first kappa shape index (κ1) is 14.5. The number of aryl methyl sites for hydroxylation is 2. The molecule has 2 rings (SSSR count). The molecule has 0 aliphatic heterocycles. The molecule has 0 aliphatic rings. The van der Waals surface area contributed by atoms with Gasteiger partial charge in [0.15, 0.2) is 0 Å². The van der Waals surface area contributed by atoms with Gasteiger partial charge in [-0.15, -0.1) is 0 Å². The van der Waals surface area contributed by atoms with Gasteiger partial charge in [-0.05, 0) is 37.1 Å². The van der Waals surface area contributed by atoms with E-state index in [1.54, 1.807) is 19.1 Å². The predicted molar refractivity (Wildman–Crippen MR) is 79.1 cm³/mol. The molecule has 108 valence electrons. The van der Waals surface area contributed by atoms with E-state index >= 15 is 0 Å². The maximum atomic E-state index is 12.1. The quantitative estimate of drug-likeness (QED) is 0.751. The summed E-state index contributed by atoms with van der Waals surface area (Å²) in [6.45, 7) is 3.63. The molecule has 0 unspecified atom stereocenters. The van der Waals surface area contributed by atoms with Crippen molar-refractivity contribution in [2.45, 2.75) is 13.8 Å². The normalized spacial score (nSPS) is 10.8. The minimum atomic E-state index is -1.02. The summed E-state index contributed by atoms with van der Waals surface area (Å²) in [5.74, 6) is -1.28. The van der Waals surface area contributed by atoms with Crippen LogP contribution in [0.1, 0.15) is 27.2 Å². The molecule has 1 amide bonds. The maximum Gasteiger partial charge on any atom is 0.328 e. The van der Waals surface area contributed by atoms with Crippen LogP contribution in [0.3, 0.4) is 0 Å². The fourth-order valence-corrected chi connectivity index (χ4v) is 1.81. The van der Waals surface area contributed by atoms with Crippen LogP contribution in [-0.2, 0) is 4.79 Å². The second-order valence-electron chi connectivity index (χ2n) is 4.61. The summed E-state index contributed by atoms with van der Waals surface area (Å²) in [5.41, 5.74) is 3.38. The fourth-order valence-electron chi connectivity index (χ4n) is 1.81. The second kappa shape index (κ2) is 6.04. The molecular formula is C15H15N3O3. The molecule has 0 saturated carbocycles. The van der Waals surface area contributed by atoms with Gasteiger partial charge < -0.3 is 10.4 Å². The van der Waals surface area contributed by atoms with Crippen molar-refractivity contribution in [3.8, 4) is 0 Å². The molecular weight excluding hydrogens is 270 g/mol. The molecule has 6 nitrogen and oxygen atoms in total. The number of aromatic nitrogens is 2. The Morgan fingerprint density at radius 1 is 1.33 bits per heavy atom. The minimum Gasteiger partial charge on any atom is -0.478 e. The Labute approximate surface area is 121 Å². The molecule has 0 spiro atoms. The summed E-state index contributed by atoms with van der Waals surface area (Å²) in [7, 11) is 0. The molecule has 0 aliphatic carbocycles. The fraction of sp³-hybridized carbons (Fsp3) is 0.133. The third-order valence-corrected chi connectivity index (χ3v) is 3.00. The van der Waals surface area contributed by atoms with Crippen molar-refractivity contribution >= 4 is 23.6 Å². The lowest BCUT2D eigenvalue weighted by atomic mass is 10.1. The predicted octanol–water partition coefficient (Wildman–Crippen LogP) is 2.38. The molecule has 0 saturated heterocycles. The van der Waals surface area contributed by atoms with E-state index in [1.165, 1.54) is 12.3 Å². The Hall–Kier alpha value is -2.89. The van der Waals surface area contributed by atoms with Gasteiger partial charge in [0, 0.05) is 17.5 Å². The standard InChI is InChI=1S/C15H15N3O3/c1-9-3-4-11(5-6-14(19)20)7-13(9)17-15(21)12-8-16-18-10(12)2/h3-8H,1-2H3,(H,16,18)(H,17,21)(H,19,20). The van der Waals surface area contributed by atoms with E-state index in [0.29, 0.717) is 22.5 Å². The van der Waals surface area contributed by atoms with Gasteiger partial charge in [0.2, 0.25) is 0 Å². The van der Waals surface area contributed by atoms with E-state index in [2.05, 4.69) is 15.5 Å². The zero-order valence-corrected chi connectivity index (χ0v) is 11.7. The Bertz CT molecular complexity index is 717. The summed E-state index contributed by atoms with van der Waals surface area (Å²) in [6, 6.07) is 5.33. The van der Waals surface area contributed by atoms with Gasteiger partial charge >= 0.3 is 5.97 Å². The first-order valence-electron chi connectivity index (χ1n) is 6.30. The number of aliphatic carboxylic acids is 1. The smallest absolute Gasteiger partial charge is 0.328 e. The first-order valence-corrected chi connectivity index (χ1v) is 6.30. The highest BCUT2D eigenvalue weighted by Crippen LogP contribution is 2.19. The third kappa shape index (κ3) is 3.56. The number of nitrogens with zero attached hydrogens (tertiary/aromatic N) is 1. The lowest BCUT2D eigenvalue weighted by molar-refractivity contribution is -0.131. The number of rotatable bonds is 4. The number of hydrogen-bond acceptors (Lipinski definition) is 3. The van der Waals surface area contributed by atoms with Crippen molar-refractivity contribution in [2.75, 3.05) is 5.32 Å². The number of aromatic amines is 1. The summed E-state index contributed by atoms with van der Waals surface area (Å²) in [5, 5.41) is 18.0. The van der Waals surface area contributed by atoms with Crippen molar-refractivity contribution in [1.82, 2.24) is 10.2 Å². The molecule has 0 radical (unpaired) electrons. The minimum absolute atomic E-state index is 0.260. The Morgan fingerprint density at radius 2 is 2.10 bits per heavy atom. The molecule has 1 aromatic carbocycles. The van der Waals surface area contributed by atoms with Crippen LogP contribution in [0.15, 0.2) is 30.5 Å². The number of nitrogens with one attached hydrogen (secondary N) is 2. The van der Waals surface area contributed by atoms with Gasteiger partial charge in [-0.25, -0.2) is 4.79 Å². The molecule has 1 heterocycles. The van der Waals surface area contributed by atoms with Crippen molar-refractivity contribution in [3.05, 3.63) is 52.9 Å². The molecule has 2 aromatic rings. The number of amides is 1. The van der Waals surface area contributed by atoms with Crippen LogP contribution in [0.2, 0.25) is 0 Å². The number of H-pyrrole nitrogens is 1. The lowest BCUT2D eigenvalue weighted by Crippen LogP contribution is -2.13. The number of benzene rings is 1. The van der Waals surface area contributed by atoms with Crippen molar-refractivity contribution < 1.29 is 14.7 Å². The highest BCUT2D eigenvalue weighted by atomic mass is 16.4. The number of hydrogen-bond donors (Lipinski definition) is 3. The zero-order chi connectivity index (χ0) is 15.4. The highest BCUT2D eigenvalue weighted by molar-refractivity contribution is 6.05. The molecule has 1 aromatic heterocycles. The van der Waals surface area contributed by atoms with E-state index in [1.807, 2.05) is 13.0 Å². The van der Waals surface area contributed by atoms with Crippen molar-refractivity contribution in [1.29, 1.82) is 0 Å². The van der Waals surface area contributed by atoms with E-state index in [9.17, 15) is 9.59 Å². The highest BCUT2D eigenvalue weighted by Gasteiger charge is 2.12. The summed E-state index contributed by atoms with van der Waals surface area (Å²) < 4.78 is 0. The van der Waals surface area contributed by atoms with Crippen LogP contribution in [0.4, 0.5) is 5.69 Å². The van der Waals surface area contributed by atoms with Gasteiger partial charge in [-0.1, -0.05) is 12.1 Å². The zero-order valence-electron chi connectivity index (χ0n) is 11.7. The number of carboxylic acids is 1. The summed E-state index contributed by atoms with van der Waals surface area (Å²) in [4.78, 5) is 22.7. The molecule has 3 N–H and O–H groups in total. The van der Waals surface area contributed by atoms with Crippen molar-refractivity contribution in [2.24, 2.45) is 0 Å². The monoisotopic (exact) mass is 285 g/mol. The SMILES string of the molecule is Cc1ccc(C=CC(=O)O)cc1NC(=O)c1cn[nH]c1C. The molecule has 0 bridgehead atoms. The van der Waals surface area contributed by atoms with Gasteiger partial charge in [-0.3, -0.25) is 9.89 Å². The van der Waals surface area contributed by atoms with Gasteiger partial charge in [0.05, 0.1) is 11.8 Å².